The number of nitrogens with one attached hydrogen (secondary N) is 2. The molecule has 1 aromatic rings. The quantitative estimate of drug-likeness (QED) is 0.858. The maximum atomic E-state index is 12.2. The van der Waals surface area contributed by atoms with E-state index in [-0.39, 0.29) is 11.6 Å². The molecule has 0 bridgehead atoms. The number of hydrogen-bond donors (Lipinski definition) is 2. The molecule has 21 heavy (non-hydrogen) atoms. The third-order valence-corrected chi connectivity index (χ3v) is 4.38. The van der Waals surface area contributed by atoms with E-state index in [2.05, 4.69) is 15.2 Å². The molecule has 1 saturated carbocycles. The van der Waals surface area contributed by atoms with Gasteiger partial charge in [0.05, 0.1) is 5.69 Å². The molecule has 0 unspecified atom stereocenters. The van der Waals surface area contributed by atoms with Crippen LogP contribution >= 0.6 is 0 Å². The van der Waals surface area contributed by atoms with Crippen LogP contribution in [0.4, 0.5) is 10.5 Å². The largest absolute Gasteiger partial charge is 0.367 e. The number of anilines is 1. The Hall–Kier alpha value is -1.98. The number of aromatic amines is 1. The normalized spacial score (nSPS) is 19.8. The second kappa shape index (κ2) is 6.20. The average molecular weight is 290 g/mol. The molecular formula is C15H22N4O2. The minimum atomic E-state index is -0.0895. The number of amides is 2. The summed E-state index contributed by atoms with van der Waals surface area (Å²) in [5.41, 5.74) is 0.916. The molecule has 0 atom stereocenters. The lowest BCUT2D eigenvalue weighted by atomic mass is 10.2. The van der Waals surface area contributed by atoms with Gasteiger partial charge in [0, 0.05) is 44.5 Å². The number of hydrogen-bond acceptors (Lipinski definition) is 3. The van der Waals surface area contributed by atoms with E-state index in [0.717, 1.165) is 44.7 Å². The molecule has 2 fully saturated rings. The van der Waals surface area contributed by atoms with Gasteiger partial charge in [-0.15, -0.1) is 0 Å². The van der Waals surface area contributed by atoms with Crippen LogP contribution in [0.1, 0.15) is 25.7 Å². The van der Waals surface area contributed by atoms with Gasteiger partial charge in [-0.1, -0.05) is 12.8 Å². The van der Waals surface area contributed by atoms with Crippen molar-refractivity contribution in [3.05, 3.63) is 28.7 Å². The van der Waals surface area contributed by atoms with E-state index in [1.807, 2.05) is 11.0 Å². The topological polar surface area (TPSA) is 68.4 Å². The lowest BCUT2D eigenvalue weighted by Gasteiger charge is -2.36. The van der Waals surface area contributed by atoms with Crippen LogP contribution in [-0.4, -0.2) is 48.1 Å². The van der Waals surface area contributed by atoms with Crippen LogP contribution in [-0.2, 0) is 0 Å². The maximum absolute atomic E-state index is 12.2. The average Bonchev–Trinajstić information content (AvgIpc) is 3.01. The van der Waals surface area contributed by atoms with Crippen molar-refractivity contribution in [1.82, 2.24) is 15.2 Å². The van der Waals surface area contributed by atoms with Crippen molar-refractivity contribution in [3.8, 4) is 0 Å². The molecule has 2 heterocycles. The summed E-state index contributed by atoms with van der Waals surface area (Å²) in [5, 5.41) is 3.13. The molecule has 6 nitrogen and oxygen atoms in total. The van der Waals surface area contributed by atoms with Crippen LogP contribution in [0.15, 0.2) is 23.1 Å². The molecule has 0 spiro atoms. The van der Waals surface area contributed by atoms with Crippen LogP contribution in [0.3, 0.4) is 0 Å². The number of H-pyrrole nitrogens is 1. The Morgan fingerprint density at radius 1 is 1.14 bits per heavy atom. The predicted octanol–water partition coefficient (Wildman–Crippen LogP) is 1.15. The van der Waals surface area contributed by atoms with Crippen molar-refractivity contribution in [3.63, 3.8) is 0 Å². The molecule has 1 aliphatic heterocycles. The van der Waals surface area contributed by atoms with Crippen molar-refractivity contribution in [1.29, 1.82) is 0 Å². The standard InChI is InChI=1S/C15H22N4O2/c20-14-6-5-13(11-16-14)18-7-9-19(10-8-18)15(21)17-12-3-1-2-4-12/h5-6,11-12H,1-4,7-10H2,(H,16,20)(H,17,21). The zero-order chi connectivity index (χ0) is 14.7. The van der Waals surface area contributed by atoms with Crippen molar-refractivity contribution < 1.29 is 4.79 Å². The maximum Gasteiger partial charge on any atom is 0.317 e. The summed E-state index contributed by atoms with van der Waals surface area (Å²) >= 11 is 0. The smallest absolute Gasteiger partial charge is 0.317 e. The van der Waals surface area contributed by atoms with Crippen LogP contribution < -0.4 is 15.8 Å². The number of urea groups is 1. The van der Waals surface area contributed by atoms with E-state index in [9.17, 15) is 9.59 Å². The summed E-state index contributed by atoms with van der Waals surface area (Å²) in [5.74, 6) is 0. The summed E-state index contributed by atoms with van der Waals surface area (Å²) in [6, 6.07) is 3.81. The van der Waals surface area contributed by atoms with Gasteiger partial charge in [-0.05, 0) is 18.9 Å². The minimum absolute atomic E-state index is 0.0722. The molecule has 3 rings (SSSR count). The van der Waals surface area contributed by atoms with Gasteiger partial charge < -0.3 is 20.1 Å². The van der Waals surface area contributed by atoms with E-state index in [1.54, 1.807) is 6.20 Å². The highest BCUT2D eigenvalue weighted by molar-refractivity contribution is 5.75. The van der Waals surface area contributed by atoms with Crippen molar-refractivity contribution >= 4 is 11.7 Å². The van der Waals surface area contributed by atoms with Crippen LogP contribution in [0, 0.1) is 0 Å². The summed E-state index contributed by atoms with van der Waals surface area (Å²) < 4.78 is 0. The molecule has 1 saturated heterocycles. The van der Waals surface area contributed by atoms with Crippen molar-refractivity contribution in [2.75, 3.05) is 31.1 Å². The van der Waals surface area contributed by atoms with Gasteiger partial charge >= 0.3 is 6.03 Å². The fourth-order valence-corrected chi connectivity index (χ4v) is 3.10. The van der Waals surface area contributed by atoms with Crippen molar-refractivity contribution in [2.45, 2.75) is 31.7 Å². The third kappa shape index (κ3) is 3.37. The Morgan fingerprint density at radius 2 is 1.86 bits per heavy atom. The molecule has 2 aliphatic rings. The predicted molar refractivity (Wildman–Crippen MR) is 81.6 cm³/mol. The Kier molecular flexibility index (Phi) is 4.13. The molecule has 1 aliphatic carbocycles. The SMILES string of the molecule is O=C(NC1CCCC1)N1CCN(c2ccc(=O)[nH]c2)CC1. The number of rotatable bonds is 2. The van der Waals surface area contributed by atoms with E-state index in [0.29, 0.717) is 6.04 Å². The molecule has 0 aromatic carbocycles. The monoisotopic (exact) mass is 290 g/mol. The van der Waals surface area contributed by atoms with E-state index >= 15 is 0 Å². The van der Waals surface area contributed by atoms with Crippen LogP contribution in [0.5, 0.6) is 0 Å². The molecule has 6 heteroatoms. The molecule has 2 amide bonds. The third-order valence-electron chi connectivity index (χ3n) is 4.38. The highest BCUT2D eigenvalue weighted by atomic mass is 16.2. The Balaban J connectivity index is 1.51. The Bertz CT molecular complexity index is 522. The molecule has 2 N–H and O–H groups in total. The fourth-order valence-electron chi connectivity index (χ4n) is 3.10. The first kappa shape index (κ1) is 14.0. The lowest BCUT2D eigenvalue weighted by molar-refractivity contribution is 0.190. The summed E-state index contributed by atoms with van der Waals surface area (Å²) in [4.78, 5) is 30.0. The van der Waals surface area contributed by atoms with Gasteiger partial charge in [0.2, 0.25) is 5.56 Å². The molecule has 0 radical (unpaired) electrons. The van der Waals surface area contributed by atoms with Crippen LogP contribution in [0.2, 0.25) is 0 Å². The van der Waals surface area contributed by atoms with Crippen LogP contribution in [0.25, 0.3) is 0 Å². The zero-order valence-electron chi connectivity index (χ0n) is 12.2. The van der Waals surface area contributed by atoms with Gasteiger partial charge in [-0.3, -0.25) is 4.79 Å². The summed E-state index contributed by atoms with van der Waals surface area (Å²) in [7, 11) is 0. The number of carbonyl (C=O) groups excluding carboxylic acids is 1. The van der Waals surface area contributed by atoms with Crippen molar-refractivity contribution in [2.24, 2.45) is 0 Å². The van der Waals surface area contributed by atoms with Gasteiger partial charge in [0.15, 0.2) is 0 Å². The first-order chi connectivity index (χ1) is 10.2. The molecule has 114 valence electrons. The molecule has 1 aromatic heterocycles. The number of pyridine rings is 1. The second-order valence-electron chi connectivity index (χ2n) is 5.82. The summed E-state index contributed by atoms with van der Waals surface area (Å²) in [6.45, 7) is 3.03. The molecular weight excluding hydrogens is 268 g/mol. The highest BCUT2D eigenvalue weighted by Crippen LogP contribution is 2.18. The second-order valence-corrected chi connectivity index (χ2v) is 5.82. The zero-order valence-corrected chi connectivity index (χ0v) is 12.2. The van der Waals surface area contributed by atoms with Gasteiger partial charge in [0.25, 0.3) is 0 Å². The first-order valence-electron chi connectivity index (χ1n) is 7.71. The Morgan fingerprint density at radius 3 is 2.48 bits per heavy atom. The van der Waals surface area contributed by atoms with Gasteiger partial charge in [0.1, 0.15) is 0 Å². The van der Waals surface area contributed by atoms with E-state index in [1.165, 1.54) is 18.9 Å². The van der Waals surface area contributed by atoms with E-state index in [4.69, 9.17) is 0 Å². The summed E-state index contributed by atoms with van der Waals surface area (Å²) in [6.07, 6.45) is 6.42. The number of piperazine rings is 1. The van der Waals surface area contributed by atoms with E-state index < -0.39 is 0 Å². The highest BCUT2D eigenvalue weighted by Gasteiger charge is 2.24. The number of nitrogens with zero attached hydrogens (tertiary/aromatic N) is 2. The number of aromatic nitrogens is 1. The number of carbonyl (C=O) groups is 1. The first-order valence-corrected chi connectivity index (χ1v) is 7.71. The lowest BCUT2D eigenvalue weighted by Crippen LogP contribution is -2.53. The minimum Gasteiger partial charge on any atom is -0.367 e. The fraction of sp³-hybridized carbons (Fsp3) is 0.600. The van der Waals surface area contributed by atoms with Gasteiger partial charge in [-0.25, -0.2) is 4.79 Å². The Labute approximate surface area is 124 Å². The van der Waals surface area contributed by atoms with Gasteiger partial charge in [-0.2, -0.15) is 0 Å².